The van der Waals surface area contributed by atoms with Crippen LogP contribution in [0.25, 0.3) is 0 Å². The Morgan fingerprint density at radius 2 is 1.83 bits per heavy atom. The van der Waals surface area contributed by atoms with E-state index in [1.165, 1.54) is 16.7 Å². The third kappa shape index (κ3) is 7.03. The van der Waals surface area contributed by atoms with Crippen LogP contribution in [0.5, 0.6) is 0 Å². The molecule has 2 aliphatic heterocycles. The molecule has 2 heterocycles. The maximum Gasteiger partial charge on any atom is 0.332 e. The second kappa shape index (κ2) is 12.1. The summed E-state index contributed by atoms with van der Waals surface area (Å²) < 4.78 is 0. The summed E-state index contributed by atoms with van der Waals surface area (Å²) >= 11 is 0. The van der Waals surface area contributed by atoms with E-state index in [1.54, 1.807) is 0 Å². The Bertz CT molecular complexity index is 1040. The molecule has 6 heteroatoms. The van der Waals surface area contributed by atoms with Crippen molar-refractivity contribution in [3.8, 4) is 0 Å². The van der Waals surface area contributed by atoms with Crippen molar-refractivity contribution in [3.63, 3.8) is 0 Å². The van der Waals surface area contributed by atoms with Crippen LogP contribution in [0.1, 0.15) is 60.3 Å². The predicted octanol–water partition coefficient (Wildman–Crippen LogP) is 4.59. The van der Waals surface area contributed by atoms with Crippen LogP contribution in [0.3, 0.4) is 0 Å². The van der Waals surface area contributed by atoms with Gasteiger partial charge in [-0.05, 0) is 86.3 Å². The molecule has 1 unspecified atom stereocenters. The molecule has 2 aliphatic rings. The lowest BCUT2D eigenvalue weighted by Gasteiger charge is -2.33. The highest BCUT2D eigenvalue weighted by atomic mass is 16.4. The summed E-state index contributed by atoms with van der Waals surface area (Å²) in [6.07, 6.45) is 6.67. The standard InChI is InChI=1S/C29H36N2O4/c32-28(33)18-27(29(34)35)26(24-10-9-23-7-4-14-30-19-25(23)17-24)11-8-21-12-15-31(16-13-21)20-22-5-2-1-3-6-22/h1-3,5-6,9-10,17-18,21,26,30H,4,7-8,11-16,19-20H2,(H,32,33)(H,34,35)/b27-18-. The first-order chi connectivity index (χ1) is 17.0. The number of carbonyl (C=O) groups is 2. The zero-order valence-electron chi connectivity index (χ0n) is 20.3. The van der Waals surface area contributed by atoms with Gasteiger partial charge in [0.05, 0.1) is 5.57 Å². The Morgan fingerprint density at radius 3 is 2.54 bits per heavy atom. The molecule has 0 saturated carbocycles. The highest BCUT2D eigenvalue weighted by Crippen LogP contribution is 2.35. The quantitative estimate of drug-likeness (QED) is 0.459. The average Bonchev–Trinajstić information content (AvgIpc) is 3.10. The van der Waals surface area contributed by atoms with Crippen LogP contribution in [0, 0.1) is 5.92 Å². The zero-order chi connectivity index (χ0) is 24.6. The van der Waals surface area contributed by atoms with E-state index < -0.39 is 17.9 Å². The number of benzene rings is 2. The SMILES string of the molecule is O=C(O)/C=C(\C(=O)O)C(CCC1CCN(Cc2ccccc2)CC1)c1ccc2c(c1)CNCCC2. The number of nitrogens with zero attached hydrogens (tertiary/aromatic N) is 1. The van der Waals surface area contributed by atoms with Crippen LogP contribution in [-0.4, -0.2) is 46.7 Å². The number of aliphatic carboxylic acids is 2. The number of nitrogens with one attached hydrogen (secondary N) is 1. The van der Waals surface area contributed by atoms with Crippen molar-refractivity contribution in [3.05, 3.63) is 82.4 Å². The molecule has 1 atom stereocenters. The summed E-state index contributed by atoms with van der Waals surface area (Å²) in [5.41, 5.74) is 4.69. The van der Waals surface area contributed by atoms with E-state index in [0.29, 0.717) is 12.3 Å². The summed E-state index contributed by atoms with van der Waals surface area (Å²) in [6, 6.07) is 16.7. The number of carboxylic acids is 2. The second-order valence-corrected chi connectivity index (χ2v) is 9.89. The average molecular weight is 477 g/mol. The highest BCUT2D eigenvalue weighted by Gasteiger charge is 2.27. The number of rotatable bonds is 9. The number of likely N-dealkylation sites (tertiary alicyclic amines) is 1. The van der Waals surface area contributed by atoms with Crippen LogP contribution in [0.4, 0.5) is 0 Å². The molecular formula is C29H36N2O4. The summed E-state index contributed by atoms with van der Waals surface area (Å²) in [5, 5.41) is 22.7. The van der Waals surface area contributed by atoms with E-state index >= 15 is 0 Å². The van der Waals surface area contributed by atoms with Gasteiger partial charge in [0, 0.05) is 25.1 Å². The number of fused-ring (bicyclic) bond motifs is 1. The minimum atomic E-state index is -1.21. The van der Waals surface area contributed by atoms with Crippen molar-refractivity contribution in [1.82, 2.24) is 10.2 Å². The van der Waals surface area contributed by atoms with E-state index in [2.05, 4.69) is 46.6 Å². The van der Waals surface area contributed by atoms with E-state index in [4.69, 9.17) is 0 Å². The van der Waals surface area contributed by atoms with E-state index in [0.717, 1.165) is 76.5 Å². The summed E-state index contributed by atoms with van der Waals surface area (Å²) in [7, 11) is 0. The maximum absolute atomic E-state index is 12.1. The molecule has 0 bridgehead atoms. The van der Waals surface area contributed by atoms with Gasteiger partial charge in [-0.25, -0.2) is 9.59 Å². The second-order valence-electron chi connectivity index (χ2n) is 9.89. The van der Waals surface area contributed by atoms with Crippen molar-refractivity contribution in [2.24, 2.45) is 5.92 Å². The number of hydrogen-bond acceptors (Lipinski definition) is 4. The number of hydrogen-bond donors (Lipinski definition) is 3. The van der Waals surface area contributed by atoms with Gasteiger partial charge < -0.3 is 15.5 Å². The Labute approximate surface area is 207 Å². The van der Waals surface area contributed by atoms with Crippen molar-refractivity contribution >= 4 is 11.9 Å². The number of carboxylic acid groups (broad SMARTS) is 2. The number of piperidine rings is 1. The molecular weight excluding hydrogens is 440 g/mol. The molecule has 1 fully saturated rings. The first-order valence-electron chi connectivity index (χ1n) is 12.8. The predicted molar refractivity (Wildman–Crippen MR) is 136 cm³/mol. The monoisotopic (exact) mass is 476 g/mol. The van der Waals surface area contributed by atoms with Crippen molar-refractivity contribution in [2.75, 3.05) is 19.6 Å². The van der Waals surface area contributed by atoms with Gasteiger partial charge in [-0.1, -0.05) is 48.5 Å². The van der Waals surface area contributed by atoms with Gasteiger partial charge in [0.1, 0.15) is 0 Å². The normalized spacial score (nSPS) is 18.5. The summed E-state index contributed by atoms with van der Waals surface area (Å²) in [6.45, 7) is 4.76. The van der Waals surface area contributed by atoms with Gasteiger partial charge in [-0.2, -0.15) is 0 Å². The third-order valence-electron chi connectivity index (χ3n) is 7.47. The molecule has 0 amide bonds. The van der Waals surface area contributed by atoms with Crippen molar-refractivity contribution in [2.45, 2.75) is 57.5 Å². The zero-order valence-corrected chi connectivity index (χ0v) is 20.3. The molecule has 186 valence electrons. The Kier molecular flexibility index (Phi) is 8.72. The van der Waals surface area contributed by atoms with Gasteiger partial charge >= 0.3 is 11.9 Å². The van der Waals surface area contributed by atoms with Crippen LogP contribution in [0.15, 0.2) is 60.2 Å². The fourth-order valence-electron chi connectivity index (χ4n) is 5.52. The third-order valence-corrected chi connectivity index (χ3v) is 7.47. The molecule has 2 aromatic rings. The summed E-state index contributed by atoms with van der Waals surface area (Å²) in [4.78, 5) is 26.1. The first kappa shape index (κ1) is 25.1. The maximum atomic E-state index is 12.1. The van der Waals surface area contributed by atoms with Crippen LogP contribution < -0.4 is 5.32 Å². The van der Waals surface area contributed by atoms with E-state index in [1.807, 2.05) is 12.1 Å². The van der Waals surface area contributed by atoms with Crippen LogP contribution in [-0.2, 0) is 29.1 Å². The minimum Gasteiger partial charge on any atom is -0.478 e. The van der Waals surface area contributed by atoms with Crippen molar-refractivity contribution in [1.29, 1.82) is 0 Å². The van der Waals surface area contributed by atoms with Gasteiger partial charge in [-0.3, -0.25) is 4.90 Å². The lowest BCUT2D eigenvalue weighted by Crippen LogP contribution is -2.33. The smallest absolute Gasteiger partial charge is 0.332 e. The largest absolute Gasteiger partial charge is 0.478 e. The van der Waals surface area contributed by atoms with Crippen molar-refractivity contribution < 1.29 is 19.8 Å². The molecule has 0 aliphatic carbocycles. The fraction of sp³-hybridized carbons (Fsp3) is 0.448. The number of aryl methyl sites for hydroxylation is 1. The molecule has 0 spiro atoms. The van der Waals surface area contributed by atoms with E-state index in [-0.39, 0.29) is 5.57 Å². The molecule has 2 aromatic carbocycles. The molecule has 4 rings (SSSR count). The van der Waals surface area contributed by atoms with Gasteiger partial charge in [0.25, 0.3) is 0 Å². The molecule has 35 heavy (non-hydrogen) atoms. The Morgan fingerprint density at radius 1 is 1.06 bits per heavy atom. The highest BCUT2D eigenvalue weighted by molar-refractivity contribution is 5.96. The Hall–Kier alpha value is -2.96. The lowest BCUT2D eigenvalue weighted by atomic mass is 9.81. The Balaban J connectivity index is 1.45. The fourth-order valence-corrected chi connectivity index (χ4v) is 5.52. The minimum absolute atomic E-state index is 0.0273. The van der Waals surface area contributed by atoms with Crippen LogP contribution in [0.2, 0.25) is 0 Å². The van der Waals surface area contributed by atoms with Gasteiger partial charge in [0.15, 0.2) is 0 Å². The molecule has 1 saturated heterocycles. The molecule has 0 aromatic heterocycles. The van der Waals surface area contributed by atoms with E-state index in [9.17, 15) is 19.8 Å². The molecule has 6 nitrogen and oxygen atoms in total. The van der Waals surface area contributed by atoms with Crippen LogP contribution >= 0.6 is 0 Å². The first-order valence-corrected chi connectivity index (χ1v) is 12.8. The lowest BCUT2D eigenvalue weighted by molar-refractivity contribution is -0.135. The van der Waals surface area contributed by atoms with Gasteiger partial charge in [0.2, 0.25) is 0 Å². The molecule has 0 radical (unpaired) electrons. The summed E-state index contributed by atoms with van der Waals surface area (Å²) in [5.74, 6) is -2.27. The molecule has 3 N–H and O–H groups in total. The van der Waals surface area contributed by atoms with Gasteiger partial charge in [-0.15, -0.1) is 0 Å². The topological polar surface area (TPSA) is 89.9 Å².